The van der Waals surface area contributed by atoms with Gasteiger partial charge in [0.05, 0.1) is 16.8 Å². The number of aromatic carboxylic acids is 2. The van der Waals surface area contributed by atoms with E-state index in [2.05, 4.69) is 10.1 Å². The molecule has 2 aromatic heterocycles. The number of rotatable bonds is 5. The minimum Gasteiger partial charge on any atom is -0.478 e. The normalized spacial score (nSPS) is 10.9. The number of pyridine rings is 1. The predicted octanol–water partition coefficient (Wildman–Crippen LogP) is 3.55. The number of anilines is 1. The first kappa shape index (κ1) is 18.5. The van der Waals surface area contributed by atoms with Crippen LogP contribution in [0.15, 0.2) is 70.6 Å². The monoisotopic (exact) mass is 406 g/mol. The van der Waals surface area contributed by atoms with Crippen LogP contribution in [0, 0.1) is 0 Å². The van der Waals surface area contributed by atoms with Crippen LogP contribution in [0.4, 0.5) is 5.69 Å². The van der Waals surface area contributed by atoms with E-state index < -0.39 is 23.2 Å². The number of carbonyl (C=O) groups is 2. The molecule has 2 heterocycles. The lowest BCUT2D eigenvalue weighted by atomic mass is 10.1. The average molecular weight is 406 g/mol. The summed E-state index contributed by atoms with van der Waals surface area (Å²) in [6.07, 6.45) is 0. The molecule has 0 atom stereocenters. The Morgan fingerprint density at radius 3 is 2.14 bits per heavy atom. The molecule has 0 aliphatic heterocycles. The Hall–Kier alpha value is -3.85. The highest BCUT2D eigenvalue weighted by atomic mass is 32.2. The van der Waals surface area contributed by atoms with E-state index in [0.717, 1.165) is 4.90 Å². The van der Waals surface area contributed by atoms with E-state index >= 15 is 0 Å². The second kappa shape index (κ2) is 7.28. The highest BCUT2D eigenvalue weighted by molar-refractivity contribution is 7.99. The quantitative estimate of drug-likeness (QED) is 0.458. The van der Waals surface area contributed by atoms with Crippen molar-refractivity contribution in [3.8, 4) is 5.69 Å². The van der Waals surface area contributed by atoms with Gasteiger partial charge in [-0.3, -0.25) is 0 Å². The van der Waals surface area contributed by atoms with Crippen molar-refractivity contribution in [1.29, 1.82) is 0 Å². The summed E-state index contributed by atoms with van der Waals surface area (Å²) in [7, 11) is 0. The molecule has 0 spiro atoms. The number of hydrogen-bond donors (Lipinski definition) is 3. The maximum Gasteiger partial charge on any atom is 0.355 e. The molecule has 0 radical (unpaired) electrons. The van der Waals surface area contributed by atoms with Crippen molar-refractivity contribution in [1.82, 2.24) is 14.8 Å². The van der Waals surface area contributed by atoms with Crippen LogP contribution >= 0.6 is 11.8 Å². The van der Waals surface area contributed by atoms with E-state index in [1.165, 1.54) is 16.4 Å². The van der Waals surface area contributed by atoms with E-state index in [1.807, 2.05) is 36.4 Å². The minimum absolute atomic E-state index is 0.175. The summed E-state index contributed by atoms with van der Waals surface area (Å²) in [6, 6.07) is 18.4. The summed E-state index contributed by atoms with van der Waals surface area (Å²) in [6.45, 7) is 0. The maximum atomic E-state index is 11.7. The van der Waals surface area contributed by atoms with Crippen molar-refractivity contribution < 1.29 is 19.8 Å². The van der Waals surface area contributed by atoms with E-state index in [9.17, 15) is 19.8 Å². The second-order valence-electron chi connectivity index (χ2n) is 6.03. The highest BCUT2D eigenvalue weighted by Crippen LogP contribution is 2.38. The van der Waals surface area contributed by atoms with Gasteiger partial charge in [0.1, 0.15) is 10.6 Å². The summed E-state index contributed by atoms with van der Waals surface area (Å²) in [5.74, 6) is -2.94. The fourth-order valence-corrected chi connectivity index (χ4v) is 3.88. The molecule has 4 aromatic rings. The van der Waals surface area contributed by atoms with Gasteiger partial charge in [-0.15, -0.1) is 0 Å². The third-order valence-electron chi connectivity index (χ3n) is 4.20. The van der Waals surface area contributed by atoms with Gasteiger partial charge in [-0.1, -0.05) is 48.2 Å². The summed E-state index contributed by atoms with van der Waals surface area (Å²) >= 11 is 1.29. The smallest absolute Gasteiger partial charge is 0.355 e. The molecule has 4 N–H and O–H groups in total. The Morgan fingerprint density at radius 2 is 1.55 bits per heavy atom. The highest BCUT2D eigenvalue weighted by Gasteiger charge is 2.28. The molecular formula is C20H14N4O4S. The van der Waals surface area contributed by atoms with Crippen molar-refractivity contribution in [2.24, 2.45) is 0 Å². The topological polar surface area (TPSA) is 131 Å². The van der Waals surface area contributed by atoms with Gasteiger partial charge in [0.2, 0.25) is 0 Å². The first-order chi connectivity index (χ1) is 14.0. The lowest BCUT2D eigenvalue weighted by Gasteiger charge is -2.08. The summed E-state index contributed by atoms with van der Waals surface area (Å²) in [5.41, 5.74) is 5.61. The summed E-state index contributed by atoms with van der Waals surface area (Å²) in [4.78, 5) is 28.4. The molecule has 29 heavy (non-hydrogen) atoms. The third-order valence-corrected chi connectivity index (χ3v) is 5.18. The van der Waals surface area contributed by atoms with Crippen LogP contribution < -0.4 is 5.73 Å². The predicted molar refractivity (Wildman–Crippen MR) is 108 cm³/mol. The SMILES string of the molecule is Nc1c(C(=O)O)c(C(=O)O)nc2c1c(Sc1ccccc1)nn2-c1ccccc1. The number of hydrogen-bond acceptors (Lipinski definition) is 6. The van der Waals surface area contributed by atoms with Gasteiger partial charge < -0.3 is 15.9 Å². The number of nitrogen functional groups attached to an aromatic ring is 1. The molecule has 0 saturated carbocycles. The molecule has 9 heteroatoms. The first-order valence-electron chi connectivity index (χ1n) is 8.44. The number of carboxylic acid groups (broad SMARTS) is 2. The molecule has 0 bridgehead atoms. The molecule has 144 valence electrons. The molecule has 0 unspecified atom stereocenters. The third kappa shape index (κ3) is 3.27. The van der Waals surface area contributed by atoms with Crippen molar-refractivity contribution in [2.75, 3.05) is 5.73 Å². The van der Waals surface area contributed by atoms with Crippen LogP contribution in [0.1, 0.15) is 20.8 Å². The Balaban J connectivity index is 2.06. The zero-order valence-corrected chi connectivity index (χ0v) is 15.6. The van der Waals surface area contributed by atoms with Gasteiger partial charge in [0.25, 0.3) is 0 Å². The van der Waals surface area contributed by atoms with E-state index in [0.29, 0.717) is 16.1 Å². The molecular weight excluding hydrogens is 392 g/mol. The Labute approximate surface area is 168 Å². The second-order valence-corrected chi connectivity index (χ2v) is 7.09. The largest absolute Gasteiger partial charge is 0.478 e. The summed E-state index contributed by atoms with van der Waals surface area (Å²) < 4.78 is 1.47. The minimum atomic E-state index is -1.48. The molecule has 0 aliphatic rings. The van der Waals surface area contributed by atoms with Crippen molar-refractivity contribution >= 4 is 40.4 Å². The van der Waals surface area contributed by atoms with Gasteiger partial charge in [-0.2, -0.15) is 5.10 Å². The molecule has 4 rings (SSSR count). The Morgan fingerprint density at radius 1 is 0.931 bits per heavy atom. The molecule has 8 nitrogen and oxygen atoms in total. The lowest BCUT2D eigenvalue weighted by Crippen LogP contribution is -2.14. The van der Waals surface area contributed by atoms with E-state index in [4.69, 9.17) is 5.73 Å². The zero-order valence-electron chi connectivity index (χ0n) is 14.8. The van der Waals surface area contributed by atoms with Gasteiger partial charge in [-0.25, -0.2) is 19.3 Å². The van der Waals surface area contributed by atoms with Crippen LogP contribution in [-0.4, -0.2) is 36.9 Å². The average Bonchev–Trinajstić information content (AvgIpc) is 3.07. The van der Waals surface area contributed by atoms with Crippen molar-refractivity contribution in [3.05, 3.63) is 71.9 Å². The number of para-hydroxylation sites is 1. The fraction of sp³-hybridized carbons (Fsp3) is 0. The molecule has 0 saturated heterocycles. The number of carboxylic acids is 2. The van der Waals surface area contributed by atoms with Gasteiger partial charge in [0, 0.05) is 4.90 Å². The fourth-order valence-electron chi connectivity index (χ4n) is 2.94. The lowest BCUT2D eigenvalue weighted by molar-refractivity contribution is 0.0647. The maximum absolute atomic E-state index is 11.7. The molecule has 0 aliphatic carbocycles. The molecule has 0 amide bonds. The van der Waals surface area contributed by atoms with Crippen LogP contribution in [0.25, 0.3) is 16.7 Å². The van der Waals surface area contributed by atoms with Crippen LogP contribution in [0.3, 0.4) is 0 Å². The van der Waals surface area contributed by atoms with Gasteiger partial charge in [0.15, 0.2) is 11.3 Å². The van der Waals surface area contributed by atoms with E-state index in [1.54, 1.807) is 24.3 Å². The van der Waals surface area contributed by atoms with Crippen LogP contribution in [0.5, 0.6) is 0 Å². The Bertz CT molecular complexity index is 1240. The van der Waals surface area contributed by atoms with Gasteiger partial charge in [-0.05, 0) is 24.3 Å². The number of aromatic nitrogens is 3. The summed E-state index contributed by atoms with van der Waals surface area (Å²) in [5, 5.41) is 24.3. The standard InChI is InChI=1S/C20H14N4O4S/c21-15-13(19(25)26)16(20(27)28)22-17-14(15)18(29-12-9-5-2-6-10-12)23-24(17)11-7-3-1-4-8-11/h1-10H,(H2,21,22)(H,25,26)(H,27,28). The van der Waals surface area contributed by atoms with E-state index in [-0.39, 0.29) is 11.3 Å². The number of nitrogens with zero attached hydrogens (tertiary/aromatic N) is 3. The van der Waals surface area contributed by atoms with Crippen molar-refractivity contribution in [3.63, 3.8) is 0 Å². The number of nitrogens with two attached hydrogens (primary N) is 1. The number of fused-ring (bicyclic) bond motifs is 1. The van der Waals surface area contributed by atoms with Crippen LogP contribution in [-0.2, 0) is 0 Å². The van der Waals surface area contributed by atoms with Gasteiger partial charge >= 0.3 is 11.9 Å². The first-order valence-corrected chi connectivity index (χ1v) is 9.26. The number of benzene rings is 2. The van der Waals surface area contributed by atoms with Crippen molar-refractivity contribution in [2.45, 2.75) is 9.92 Å². The Kier molecular flexibility index (Phi) is 4.65. The van der Waals surface area contributed by atoms with Crippen LogP contribution in [0.2, 0.25) is 0 Å². The zero-order chi connectivity index (χ0) is 20.5. The molecule has 2 aromatic carbocycles. The molecule has 0 fully saturated rings.